The molecule has 2 atom stereocenters. The van der Waals surface area contributed by atoms with Gasteiger partial charge < -0.3 is 5.73 Å². The number of benzene rings is 2. The molecule has 2 N–H and O–H groups in total. The summed E-state index contributed by atoms with van der Waals surface area (Å²) in [6.45, 7) is 7.77. The van der Waals surface area contributed by atoms with Gasteiger partial charge in [0, 0.05) is 60.0 Å². The molecule has 0 radical (unpaired) electrons. The predicted molar refractivity (Wildman–Crippen MR) is 121 cm³/mol. The van der Waals surface area contributed by atoms with Crippen LogP contribution >= 0.6 is 11.6 Å². The van der Waals surface area contributed by atoms with Crippen LogP contribution in [0.4, 0.5) is 8.78 Å². The molecule has 0 saturated carbocycles. The number of hydrogen-bond donors (Lipinski definition) is 1. The van der Waals surface area contributed by atoms with Gasteiger partial charge in [0.05, 0.1) is 0 Å². The van der Waals surface area contributed by atoms with Crippen LogP contribution in [0.2, 0.25) is 5.02 Å². The molecule has 2 aromatic rings. The van der Waals surface area contributed by atoms with Gasteiger partial charge in [0.25, 0.3) is 0 Å². The zero-order valence-electron chi connectivity index (χ0n) is 17.8. The van der Waals surface area contributed by atoms with Crippen LogP contribution in [-0.2, 0) is 0 Å². The highest BCUT2D eigenvalue weighted by Gasteiger charge is 2.41. The number of aliphatic imine (C=N–C) groups is 1. The molecule has 0 spiro atoms. The summed E-state index contributed by atoms with van der Waals surface area (Å²) in [4.78, 5) is 6.81. The maximum Gasteiger partial charge on any atom is 0.129 e. The van der Waals surface area contributed by atoms with E-state index in [2.05, 4.69) is 30.7 Å². The van der Waals surface area contributed by atoms with E-state index in [-0.39, 0.29) is 17.4 Å². The van der Waals surface area contributed by atoms with Gasteiger partial charge in [0.2, 0.25) is 0 Å². The third kappa shape index (κ3) is 4.90. The summed E-state index contributed by atoms with van der Waals surface area (Å²) >= 11 is 5.97. The summed E-state index contributed by atoms with van der Waals surface area (Å²) in [5.74, 6) is -1.32. The zero-order chi connectivity index (χ0) is 22.1. The van der Waals surface area contributed by atoms with E-state index in [0.717, 1.165) is 17.3 Å². The molecule has 0 aliphatic carbocycles. The van der Waals surface area contributed by atoms with Gasteiger partial charge in [-0.15, -0.1) is 0 Å². The van der Waals surface area contributed by atoms with Crippen LogP contribution in [0.25, 0.3) is 5.70 Å². The lowest BCUT2D eigenvalue weighted by Crippen LogP contribution is -2.40. The van der Waals surface area contributed by atoms with Gasteiger partial charge in [-0.25, -0.2) is 8.78 Å². The van der Waals surface area contributed by atoms with Gasteiger partial charge >= 0.3 is 0 Å². The molecule has 6 heteroatoms. The van der Waals surface area contributed by atoms with Crippen molar-refractivity contribution in [3.63, 3.8) is 0 Å². The minimum atomic E-state index is -0.574. The van der Waals surface area contributed by atoms with Crippen LogP contribution in [0, 0.1) is 17.6 Å². The average Bonchev–Trinajstić information content (AvgIpc) is 3.12. The Morgan fingerprint density at radius 2 is 1.80 bits per heavy atom. The van der Waals surface area contributed by atoms with Gasteiger partial charge in [0.15, 0.2) is 0 Å². The van der Waals surface area contributed by atoms with Gasteiger partial charge in [0.1, 0.15) is 11.6 Å². The van der Waals surface area contributed by atoms with E-state index < -0.39 is 11.6 Å². The quantitative estimate of drug-likeness (QED) is 0.649. The number of allylic oxidation sites excluding steroid dienone is 1. The van der Waals surface area contributed by atoms with E-state index in [4.69, 9.17) is 17.3 Å². The Morgan fingerprint density at radius 3 is 2.37 bits per heavy atom. The molecule has 0 aromatic heterocycles. The molecule has 3 nitrogen and oxygen atoms in total. The molecule has 0 bridgehead atoms. The predicted octanol–water partition coefficient (Wildman–Crippen LogP) is 5.50. The molecule has 1 fully saturated rings. The fourth-order valence-corrected chi connectivity index (χ4v) is 4.12. The van der Waals surface area contributed by atoms with Crippen molar-refractivity contribution in [3.8, 4) is 0 Å². The van der Waals surface area contributed by atoms with Crippen LogP contribution in [0.15, 0.2) is 53.5 Å². The Hall–Kier alpha value is -2.24. The summed E-state index contributed by atoms with van der Waals surface area (Å²) < 4.78 is 28.2. The van der Waals surface area contributed by atoms with E-state index in [1.165, 1.54) is 6.07 Å². The third-order valence-electron chi connectivity index (χ3n) is 5.75. The standard InChI is InChI=1S/C24H28ClF2N3/c1-24(2,3)30-13-19(18-10-9-17(26)11-21(18)27)20(14-30)23(29-4)12-22(28)15-5-7-16(25)8-6-15/h5-12,19-20H,13-14,28H2,1-4H3/b22-12-,29-23+/t19-,20+/m0/s1. The van der Waals surface area contributed by atoms with E-state index >= 15 is 0 Å². The van der Waals surface area contributed by atoms with E-state index in [0.29, 0.717) is 29.4 Å². The number of halogens is 3. The molecule has 1 saturated heterocycles. The lowest BCUT2D eigenvalue weighted by atomic mass is 9.84. The Bertz CT molecular complexity index is 961. The number of rotatable bonds is 4. The molecular formula is C24H28ClF2N3. The highest BCUT2D eigenvalue weighted by molar-refractivity contribution is 6.30. The summed E-state index contributed by atoms with van der Waals surface area (Å²) in [5, 5.41) is 0.638. The number of nitrogens with zero attached hydrogens (tertiary/aromatic N) is 2. The maximum atomic E-state index is 14.7. The Labute approximate surface area is 182 Å². The van der Waals surface area contributed by atoms with Crippen molar-refractivity contribution in [1.82, 2.24) is 4.90 Å². The van der Waals surface area contributed by atoms with Crippen molar-refractivity contribution in [2.75, 3.05) is 20.1 Å². The third-order valence-corrected chi connectivity index (χ3v) is 6.00. The van der Waals surface area contributed by atoms with E-state index in [1.807, 2.05) is 18.2 Å². The number of hydrogen-bond acceptors (Lipinski definition) is 3. The average molecular weight is 432 g/mol. The van der Waals surface area contributed by atoms with Crippen molar-refractivity contribution in [1.29, 1.82) is 0 Å². The number of likely N-dealkylation sites (tertiary alicyclic amines) is 1. The first kappa shape index (κ1) is 22.4. The van der Waals surface area contributed by atoms with E-state index in [9.17, 15) is 8.78 Å². The summed E-state index contributed by atoms with van der Waals surface area (Å²) in [7, 11) is 1.72. The highest BCUT2D eigenvalue weighted by atomic mass is 35.5. The van der Waals surface area contributed by atoms with Crippen LogP contribution in [0.3, 0.4) is 0 Å². The van der Waals surface area contributed by atoms with Gasteiger partial charge in [-0.05, 0) is 56.2 Å². The van der Waals surface area contributed by atoms with Gasteiger partial charge in [-0.2, -0.15) is 0 Å². The highest BCUT2D eigenvalue weighted by Crippen LogP contribution is 2.38. The first-order valence-electron chi connectivity index (χ1n) is 10.00. The van der Waals surface area contributed by atoms with Gasteiger partial charge in [-0.1, -0.05) is 29.8 Å². The maximum absolute atomic E-state index is 14.7. The van der Waals surface area contributed by atoms with Crippen molar-refractivity contribution >= 4 is 23.0 Å². The minimum Gasteiger partial charge on any atom is -0.398 e. The number of nitrogens with two attached hydrogens (primary N) is 1. The van der Waals surface area contributed by atoms with Crippen molar-refractivity contribution in [2.45, 2.75) is 32.2 Å². The molecule has 2 aromatic carbocycles. The molecule has 1 aliphatic rings. The topological polar surface area (TPSA) is 41.6 Å². The smallest absolute Gasteiger partial charge is 0.129 e. The Morgan fingerprint density at radius 1 is 1.13 bits per heavy atom. The summed E-state index contributed by atoms with van der Waals surface area (Å²) in [6.07, 6.45) is 1.86. The van der Waals surface area contributed by atoms with Crippen LogP contribution in [-0.4, -0.2) is 36.3 Å². The zero-order valence-corrected chi connectivity index (χ0v) is 18.5. The summed E-state index contributed by atoms with van der Waals surface area (Å²) in [6, 6.07) is 11.1. The normalized spacial score (nSPS) is 21.3. The second-order valence-electron chi connectivity index (χ2n) is 8.71. The molecule has 1 aliphatic heterocycles. The largest absolute Gasteiger partial charge is 0.398 e. The molecule has 0 unspecified atom stereocenters. The fraction of sp³-hybridized carbons (Fsp3) is 0.375. The van der Waals surface area contributed by atoms with Gasteiger partial charge in [-0.3, -0.25) is 9.89 Å². The van der Waals surface area contributed by atoms with Crippen LogP contribution in [0.1, 0.15) is 37.8 Å². The Kier molecular flexibility index (Phi) is 6.63. The summed E-state index contributed by atoms with van der Waals surface area (Å²) in [5.41, 5.74) is 8.97. The first-order valence-corrected chi connectivity index (χ1v) is 10.4. The molecule has 3 rings (SSSR count). The van der Waals surface area contributed by atoms with E-state index in [1.54, 1.807) is 25.2 Å². The molecule has 1 heterocycles. The second kappa shape index (κ2) is 8.86. The van der Waals surface area contributed by atoms with Crippen LogP contribution in [0.5, 0.6) is 0 Å². The molecule has 30 heavy (non-hydrogen) atoms. The van der Waals surface area contributed by atoms with Crippen molar-refractivity contribution in [3.05, 3.63) is 76.3 Å². The van der Waals surface area contributed by atoms with Crippen molar-refractivity contribution < 1.29 is 8.78 Å². The molecule has 0 amide bonds. The monoisotopic (exact) mass is 431 g/mol. The molecule has 160 valence electrons. The SMILES string of the molecule is C/N=C(\C=C(/N)c1ccc(Cl)cc1)[C@@H]1CN(C(C)(C)C)C[C@H]1c1ccc(F)cc1F. The first-order chi connectivity index (χ1) is 14.1. The lowest BCUT2D eigenvalue weighted by molar-refractivity contribution is 0.170. The lowest BCUT2D eigenvalue weighted by Gasteiger charge is -2.32. The minimum absolute atomic E-state index is 0.0694. The van der Waals surface area contributed by atoms with Crippen LogP contribution < -0.4 is 5.73 Å². The fourth-order valence-electron chi connectivity index (χ4n) is 3.99. The second-order valence-corrected chi connectivity index (χ2v) is 9.15. The van der Waals surface area contributed by atoms with Crippen molar-refractivity contribution in [2.24, 2.45) is 16.6 Å². The molecular weight excluding hydrogens is 404 g/mol. The Balaban J connectivity index is 1.99.